The number of carbonyl (C=O) groups is 2. The lowest BCUT2D eigenvalue weighted by Crippen LogP contribution is -2.38. The topological polar surface area (TPSA) is 145 Å². The molecule has 0 bridgehead atoms. The van der Waals surface area contributed by atoms with Crippen LogP contribution in [0.1, 0.15) is 12.5 Å². The molecule has 0 spiro atoms. The summed E-state index contributed by atoms with van der Waals surface area (Å²) in [6.45, 7) is 3.06. The summed E-state index contributed by atoms with van der Waals surface area (Å²) in [5.41, 5.74) is 1.19. The van der Waals surface area contributed by atoms with E-state index in [4.69, 9.17) is 5.21 Å². The Balaban J connectivity index is 2.08. The first kappa shape index (κ1) is 21.4. The van der Waals surface area contributed by atoms with E-state index in [0.29, 0.717) is 11.4 Å². The van der Waals surface area contributed by atoms with Gasteiger partial charge in [0.2, 0.25) is 15.7 Å². The van der Waals surface area contributed by atoms with Gasteiger partial charge >= 0.3 is 6.03 Å². The standard InChI is InChI=1S/C18H21N3O6S/c1-11-4-3-5-14(10-11)20-18(24)19-13-6-8-15(9-7-13)28(26,27)17(23)12(2)16(22)21-25/h3-10,12,17,23,25H,1-2H3,(H,21,22)(H2,19,20,24). The summed E-state index contributed by atoms with van der Waals surface area (Å²) >= 11 is 0. The number of benzene rings is 2. The molecular formula is C18H21N3O6S. The van der Waals surface area contributed by atoms with Crippen LogP contribution < -0.4 is 16.1 Å². The number of hydroxylamine groups is 1. The quantitative estimate of drug-likeness (QED) is 0.365. The maximum Gasteiger partial charge on any atom is 0.323 e. The first-order valence-corrected chi connectivity index (χ1v) is 9.80. The lowest BCUT2D eigenvalue weighted by atomic mass is 10.2. The molecule has 0 aliphatic rings. The number of anilines is 2. The monoisotopic (exact) mass is 407 g/mol. The van der Waals surface area contributed by atoms with Crippen molar-refractivity contribution in [2.24, 2.45) is 5.92 Å². The number of aliphatic hydroxyl groups is 1. The third-order valence-corrected chi connectivity index (χ3v) is 5.96. The van der Waals surface area contributed by atoms with Crippen LogP contribution >= 0.6 is 0 Å². The van der Waals surface area contributed by atoms with Crippen LogP contribution in [0.15, 0.2) is 53.4 Å². The van der Waals surface area contributed by atoms with Crippen LogP contribution in [0.3, 0.4) is 0 Å². The summed E-state index contributed by atoms with van der Waals surface area (Å²) in [6.07, 6.45) is 0. The number of carbonyl (C=O) groups excluding carboxylic acids is 2. The van der Waals surface area contributed by atoms with E-state index in [9.17, 15) is 23.1 Å². The molecule has 0 heterocycles. The zero-order valence-electron chi connectivity index (χ0n) is 15.2. The molecule has 150 valence electrons. The predicted molar refractivity (Wildman–Crippen MR) is 103 cm³/mol. The van der Waals surface area contributed by atoms with Crippen molar-refractivity contribution in [2.75, 3.05) is 10.6 Å². The number of amides is 3. The van der Waals surface area contributed by atoms with E-state index in [1.807, 2.05) is 13.0 Å². The fraction of sp³-hybridized carbons (Fsp3) is 0.222. The van der Waals surface area contributed by atoms with Gasteiger partial charge in [0.15, 0.2) is 5.44 Å². The molecule has 10 heteroatoms. The van der Waals surface area contributed by atoms with Crippen molar-refractivity contribution < 1.29 is 28.3 Å². The van der Waals surface area contributed by atoms with Gasteiger partial charge in [-0.25, -0.2) is 18.7 Å². The maximum atomic E-state index is 12.4. The molecule has 5 N–H and O–H groups in total. The number of sulfone groups is 1. The zero-order valence-corrected chi connectivity index (χ0v) is 16.0. The van der Waals surface area contributed by atoms with Gasteiger partial charge in [0.1, 0.15) is 0 Å². The van der Waals surface area contributed by atoms with Gasteiger partial charge in [-0.2, -0.15) is 0 Å². The lowest BCUT2D eigenvalue weighted by Gasteiger charge is -2.17. The Morgan fingerprint density at radius 1 is 1.00 bits per heavy atom. The zero-order chi connectivity index (χ0) is 20.9. The largest absolute Gasteiger partial charge is 0.376 e. The summed E-state index contributed by atoms with van der Waals surface area (Å²) in [4.78, 5) is 23.1. The molecule has 2 rings (SSSR count). The van der Waals surface area contributed by atoms with Gasteiger partial charge in [-0.05, 0) is 55.8 Å². The third-order valence-electron chi connectivity index (χ3n) is 3.99. The third kappa shape index (κ3) is 5.06. The molecule has 0 saturated carbocycles. The molecule has 0 aliphatic carbocycles. The smallest absolute Gasteiger partial charge is 0.323 e. The van der Waals surface area contributed by atoms with Gasteiger partial charge in [-0.1, -0.05) is 12.1 Å². The van der Waals surface area contributed by atoms with Gasteiger partial charge in [0.05, 0.1) is 10.8 Å². The molecular weight excluding hydrogens is 386 g/mol. The Morgan fingerprint density at radius 2 is 1.61 bits per heavy atom. The van der Waals surface area contributed by atoms with Crippen LogP contribution in [0.25, 0.3) is 0 Å². The molecule has 2 unspecified atom stereocenters. The van der Waals surface area contributed by atoms with Crippen LogP contribution in [0.2, 0.25) is 0 Å². The van der Waals surface area contributed by atoms with Crippen molar-refractivity contribution in [2.45, 2.75) is 24.2 Å². The highest BCUT2D eigenvalue weighted by Crippen LogP contribution is 2.22. The van der Waals surface area contributed by atoms with E-state index in [1.54, 1.807) is 18.2 Å². The second kappa shape index (κ2) is 8.83. The molecule has 0 radical (unpaired) electrons. The van der Waals surface area contributed by atoms with E-state index in [2.05, 4.69) is 10.6 Å². The minimum Gasteiger partial charge on any atom is -0.376 e. The minimum atomic E-state index is -4.24. The van der Waals surface area contributed by atoms with E-state index in [-0.39, 0.29) is 4.90 Å². The summed E-state index contributed by atoms with van der Waals surface area (Å²) in [5, 5.41) is 23.8. The van der Waals surface area contributed by atoms with Crippen molar-refractivity contribution in [1.29, 1.82) is 0 Å². The number of nitrogens with one attached hydrogen (secondary N) is 3. The molecule has 2 aromatic rings. The average Bonchev–Trinajstić information content (AvgIpc) is 2.66. The van der Waals surface area contributed by atoms with Crippen LogP contribution in [-0.4, -0.2) is 36.1 Å². The average molecular weight is 407 g/mol. The Kier molecular flexibility index (Phi) is 6.73. The van der Waals surface area contributed by atoms with Gasteiger partial charge in [-0.3, -0.25) is 10.0 Å². The number of urea groups is 1. The van der Waals surface area contributed by atoms with Crippen molar-refractivity contribution >= 4 is 33.2 Å². The van der Waals surface area contributed by atoms with E-state index >= 15 is 0 Å². The molecule has 0 aliphatic heterocycles. The van der Waals surface area contributed by atoms with Gasteiger partial charge < -0.3 is 15.7 Å². The molecule has 3 amide bonds. The number of hydrogen-bond donors (Lipinski definition) is 5. The van der Waals surface area contributed by atoms with Crippen molar-refractivity contribution in [3.8, 4) is 0 Å². The summed E-state index contributed by atoms with van der Waals surface area (Å²) in [6, 6.07) is 11.8. The molecule has 28 heavy (non-hydrogen) atoms. The number of rotatable bonds is 6. The first-order chi connectivity index (χ1) is 13.1. The molecule has 0 aromatic heterocycles. The van der Waals surface area contributed by atoms with E-state index in [1.165, 1.54) is 36.7 Å². The van der Waals surface area contributed by atoms with Crippen LogP contribution in [0, 0.1) is 12.8 Å². The Labute approximate surface area is 162 Å². The molecule has 2 aromatic carbocycles. The first-order valence-electron chi connectivity index (χ1n) is 8.26. The van der Waals surface area contributed by atoms with Gasteiger partial charge in [-0.15, -0.1) is 0 Å². The molecule has 0 saturated heterocycles. The Hall–Kier alpha value is -2.95. The highest BCUT2D eigenvalue weighted by atomic mass is 32.2. The SMILES string of the molecule is Cc1cccc(NC(=O)Nc2ccc(S(=O)(=O)C(O)C(C)C(=O)NO)cc2)c1. The summed E-state index contributed by atoms with van der Waals surface area (Å²) in [7, 11) is -4.24. The van der Waals surface area contributed by atoms with Crippen LogP contribution in [-0.2, 0) is 14.6 Å². The number of hydrogen-bond acceptors (Lipinski definition) is 6. The van der Waals surface area contributed by atoms with Crippen molar-refractivity contribution in [3.05, 3.63) is 54.1 Å². The fourth-order valence-corrected chi connectivity index (χ4v) is 3.84. The number of aryl methyl sites for hydroxylation is 1. The molecule has 2 atom stereocenters. The maximum absolute atomic E-state index is 12.4. The van der Waals surface area contributed by atoms with Crippen molar-refractivity contribution in [3.63, 3.8) is 0 Å². The second-order valence-corrected chi connectivity index (χ2v) is 8.22. The van der Waals surface area contributed by atoms with Gasteiger partial charge in [0, 0.05) is 11.4 Å². The fourth-order valence-electron chi connectivity index (χ4n) is 2.38. The van der Waals surface area contributed by atoms with E-state index < -0.39 is 33.1 Å². The normalized spacial score (nSPS) is 13.3. The molecule has 0 fully saturated rings. The summed E-state index contributed by atoms with van der Waals surface area (Å²) in [5.74, 6) is -2.41. The minimum absolute atomic E-state index is 0.234. The highest BCUT2D eigenvalue weighted by Gasteiger charge is 2.34. The lowest BCUT2D eigenvalue weighted by molar-refractivity contribution is -0.134. The van der Waals surface area contributed by atoms with Crippen LogP contribution in [0.5, 0.6) is 0 Å². The Bertz CT molecular complexity index is 960. The Morgan fingerprint density at radius 3 is 2.18 bits per heavy atom. The van der Waals surface area contributed by atoms with Crippen LogP contribution in [0.4, 0.5) is 16.2 Å². The highest BCUT2D eigenvalue weighted by molar-refractivity contribution is 7.92. The van der Waals surface area contributed by atoms with E-state index in [0.717, 1.165) is 5.56 Å². The summed E-state index contributed by atoms with van der Waals surface area (Å²) < 4.78 is 24.8. The predicted octanol–water partition coefficient (Wildman–Crippen LogP) is 1.87. The number of aliphatic hydroxyl groups excluding tert-OH is 1. The second-order valence-electron chi connectivity index (χ2n) is 6.17. The molecule has 9 nitrogen and oxygen atoms in total. The van der Waals surface area contributed by atoms with Crippen molar-refractivity contribution in [1.82, 2.24) is 5.48 Å². The van der Waals surface area contributed by atoms with Gasteiger partial charge in [0.25, 0.3) is 0 Å².